The molecule has 1 heterocycles. The zero-order valence-electron chi connectivity index (χ0n) is 15.0. The number of halogens is 1. The Kier molecular flexibility index (Phi) is 6.07. The normalized spacial score (nSPS) is 23.4. The molecule has 1 saturated carbocycles. The fourth-order valence-corrected chi connectivity index (χ4v) is 3.56. The van der Waals surface area contributed by atoms with Crippen LogP contribution in [0.3, 0.4) is 0 Å². The lowest BCUT2D eigenvalue weighted by atomic mass is 10.1. The lowest BCUT2D eigenvalue weighted by Crippen LogP contribution is -2.52. The summed E-state index contributed by atoms with van der Waals surface area (Å²) in [4.78, 5) is 14.6. The fraction of sp³-hybridized carbons (Fsp3) is 0.632. The number of unbranched alkanes of at least 4 members (excludes halogenated alkanes) is 1. The first-order valence-corrected chi connectivity index (χ1v) is 9.53. The lowest BCUT2D eigenvalue weighted by molar-refractivity contribution is -0.0836. The summed E-state index contributed by atoms with van der Waals surface area (Å²) in [6.45, 7) is 3.50. The topological polar surface area (TPSA) is 50.8 Å². The van der Waals surface area contributed by atoms with Crippen LogP contribution in [-0.2, 0) is 4.74 Å². The standard InChI is InChI=1S/C19H27ClN2O3/c1-3-4-5-15-11-22(12-18(25-15)13-6-7-13)19(23)21-14-8-9-17(24-2)16(20)10-14/h8-10,13,15,18H,3-7,11-12H2,1-2H3,(H,21,23)/t15-,18-/m1/s1. The van der Waals surface area contributed by atoms with Crippen molar-refractivity contribution in [3.8, 4) is 5.75 Å². The van der Waals surface area contributed by atoms with E-state index >= 15 is 0 Å². The van der Waals surface area contributed by atoms with Gasteiger partial charge in [0.1, 0.15) is 5.75 Å². The summed E-state index contributed by atoms with van der Waals surface area (Å²) in [5.41, 5.74) is 0.676. The molecular weight excluding hydrogens is 340 g/mol. The van der Waals surface area contributed by atoms with Gasteiger partial charge >= 0.3 is 6.03 Å². The minimum atomic E-state index is -0.0864. The Labute approximate surface area is 154 Å². The number of benzene rings is 1. The number of hydrogen-bond acceptors (Lipinski definition) is 3. The van der Waals surface area contributed by atoms with Gasteiger partial charge in [-0.25, -0.2) is 4.79 Å². The maximum absolute atomic E-state index is 12.7. The molecule has 1 aromatic carbocycles. The summed E-state index contributed by atoms with van der Waals surface area (Å²) in [6.07, 6.45) is 6.04. The summed E-state index contributed by atoms with van der Waals surface area (Å²) in [5, 5.41) is 3.44. The molecule has 1 N–H and O–H groups in total. The maximum Gasteiger partial charge on any atom is 0.322 e. The third kappa shape index (κ3) is 4.79. The number of methoxy groups -OCH3 is 1. The van der Waals surface area contributed by atoms with Crippen LogP contribution in [0.15, 0.2) is 18.2 Å². The molecule has 138 valence electrons. The number of urea groups is 1. The SMILES string of the molecule is CCCC[C@@H]1CN(C(=O)Nc2ccc(OC)c(Cl)c2)C[C@H](C2CC2)O1. The van der Waals surface area contributed by atoms with Crippen LogP contribution in [-0.4, -0.2) is 43.3 Å². The van der Waals surface area contributed by atoms with Gasteiger partial charge in [0.15, 0.2) is 0 Å². The second-order valence-electron chi connectivity index (χ2n) is 6.96. The van der Waals surface area contributed by atoms with Crippen LogP contribution in [0.25, 0.3) is 0 Å². The average molecular weight is 367 g/mol. The first kappa shape index (κ1) is 18.3. The summed E-state index contributed by atoms with van der Waals surface area (Å²) < 4.78 is 11.4. The highest BCUT2D eigenvalue weighted by Crippen LogP contribution is 2.37. The first-order chi connectivity index (χ1) is 12.1. The Balaban J connectivity index is 1.63. The van der Waals surface area contributed by atoms with Crippen molar-refractivity contribution in [3.05, 3.63) is 23.2 Å². The van der Waals surface area contributed by atoms with Gasteiger partial charge in [0.25, 0.3) is 0 Å². The molecule has 6 heteroatoms. The van der Waals surface area contributed by atoms with Crippen LogP contribution in [0.2, 0.25) is 5.02 Å². The van der Waals surface area contributed by atoms with Crippen molar-refractivity contribution in [2.75, 3.05) is 25.5 Å². The molecule has 2 atom stereocenters. The molecule has 5 nitrogen and oxygen atoms in total. The van der Waals surface area contributed by atoms with Crippen LogP contribution < -0.4 is 10.1 Å². The number of carbonyl (C=O) groups is 1. The Morgan fingerprint density at radius 2 is 2.20 bits per heavy atom. The number of carbonyl (C=O) groups excluding carboxylic acids is 1. The Morgan fingerprint density at radius 3 is 2.84 bits per heavy atom. The number of rotatable bonds is 6. The van der Waals surface area contributed by atoms with E-state index in [0.29, 0.717) is 35.5 Å². The van der Waals surface area contributed by atoms with E-state index in [4.69, 9.17) is 21.1 Å². The fourth-order valence-electron chi connectivity index (χ4n) is 3.30. The zero-order chi connectivity index (χ0) is 17.8. The van der Waals surface area contributed by atoms with Gasteiger partial charge in [-0.15, -0.1) is 0 Å². The Hall–Kier alpha value is -1.46. The quantitative estimate of drug-likeness (QED) is 0.803. The number of morpholine rings is 1. The van der Waals surface area contributed by atoms with E-state index in [1.54, 1.807) is 25.3 Å². The van der Waals surface area contributed by atoms with E-state index in [-0.39, 0.29) is 18.2 Å². The van der Waals surface area contributed by atoms with Gasteiger partial charge in [0.05, 0.1) is 24.3 Å². The highest BCUT2D eigenvalue weighted by atomic mass is 35.5. The van der Waals surface area contributed by atoms with E-state index in [1.807, 2.05) is 4.90 Å². The predicted octanol–water partition coefficient (Wildman–Crippen LogP) is 4.55. The van der Waals surface area contributed by atoms with E-state index < -0.39 is 0 Å². The third-order valence-electron chi connectivity index (χ3n) is 4.91. The van der Waals surface area contributed by atoms with Crippen molar-refractivity contribution < 1.29 is 14.3 Å². The molecule has 2 amide bonds. The molecule has 2 fully saturated rings. The predicted molar refractivity (Wildman–Crippen MR) is 99.5 cm³/mol. The molecule has 0 aromatic heterocycles. The number of nitrogens with one attached hydrogen (secondary N) is 1. The van der Waals surface area contributed by atoms with Crippen LogP contribution >= 0.6 is 11.6 Å². The molecule has 0 spiro atoms. The molecule has 2 aliphatic rings. The lowest BCUT2D eigenvalue weighted by Gasteiger charge is -2.38. The number of ether oxygens (including phenoxy) is 2. The minimum absolute atomic E-state index is 0.0864. The van der Waals surface area contributed by atoms with Crippen molar-refractivity contribution >= 4 is 23.3 Å². The largest absolute Gasteiger partial charge is 0.495 e. The molecule has 1 aromatic rings. The van der Waals surface area contributed by atoms with E-state index in [9.17, 15) is 4.79 Å². The van der Waals surface area contributed by atoms with Gasteiger partial charge in [0.2, 0.25) is 0 Å². The Bertz CT molecular complexity index is 606. The van der Waals surface area contributed by atoms with Crippen LogP contribution in [0.4, 0.5) is 10.5 Å². The number of amides is 2. The first-order valence-electron chi connectivity index (χ1n) is 9.15. The van der Waals surface area contributed by atoms with Crippen LogP contribution in [0.1, 0.15) is 39.0 Å². The second-order valence-corrected chi connectivity index (χ2v) is 7.37. The summed E-state index contributed by atoms with van der Waals surface area (Å²) in [5.74, 6) is 1.22. The summed E-state index contributed by atoms with van der Waals surface area (Å²) in [7, 11) is 1.57. The van der Waals surface area contributed by atoms with Crippen LogP contribution in [0.5, 0.6) is 5.75 Å². The van der Waals surface area contributed by atoms with Gasteiger partial charge < -0.3 is 19.7 Å². The maximum atomic E-state index is 12.7. The summed E-state index contributed by atoms with van der Waals surface area (Å²) in [6, 6.07) is 5.19. The second kappa shape index (κ2) is 8.28. The molecule has 1 aliphatic heterocycles. The van der Waals surface area contributed by atoms with Gasteiger partial charge in [0, 0.05) is 18.8 Å². The monoisotopic (exact) mass is 366 g/mol. The molecule has 25 heavy (non-hydrogen) atoms. The molecule has 3 rings (SSSR count). The van der Waals surface area contributed by atoms with Gasteiger partial charge in [-0.1, -0.05) is 31.4 Å². The average Bonchev–Trinajstić information content (AvgIpc) is 3.45. The van der Waals surface area contributed by atoms with Crippen molar-refractivity contribution in [2.45, 2.75) is 51.2 Å². The third-order valence-corrected chi connectivity index (χ3v) is 5.20. The molecule has 1 saturated heterocycles. The zero-order valence-corrected chi connectivity index (χ0v) is 15.7. The van der Waals surface area contributed by atoms with E-state index in [0.717, 1.165) is 19.3 Å². The molecule has 0 radical (unpaired) electrons. The van der Waals surface area contributed by atoms with Crippen molar-refractivity contribution in [1.82, 2.24) is 4.90 Å². The Morgan fingerprint density at radius 1 is 1.40 bits per heavy atom. The van der Waals surface area contributed by atoms with Crippen molar-refractivity contribution in [3.63, 3.8) is 0 Å². The summed E-state index contributed by atoms with van der Waals surface area (Å²) >= 11 is 6.14. The van der Waals surface area contributed by atoms with Crippen molar-refractivity contribution in [2.24, 2.45) is 5.92 Å². The van der Waals surface area contributed by atoms with Gasteiger partial charge in [-0.05, 0) is 43.4 Å². The van der Waals surface area contributed by atoms with E-state index in [1.165, 1.54) is 12.8 Å². The van der Waals surface area contributed by atoms with Crippen molar-refractivity contribution in [1.29, 1.82) is 0 Å². The molecule has 0 bridgehead atoms. The van der Waals surface area contributed by atoms with E-state index in [2.05, 4.69) is 12.2 Å². The minimum Gasteiger partial charge on any atom is -0.495 e. The van der Waals surface area contributed by atoms with Gasteiger partial charge in [-0.3, -0.25) is 0 Å². The van der Waals surface area contributed by atoms with Gasteiger partial charge in [-0.2, -0.15) is 0 Å². The number of hydrogen-bond donors (Lipinski definition) is 1. The van der Waals surface area contributed by atoms with Crippen LogP contribution in [0, 0.1) is 5.92 Å². The number of nitrogens with zero attached hydrogens (tertiary/aromatic N) is 1. The highest BCUT2D eigenvalue weighted by molar-refractivity contribution is 6.32. The number of anilines is 1. The molecule has 1 aliphatic carbocycles. The smallest absolute Gasteiger partial charge is 0.322 e. The molecule has 0 unspecified atom stereocenters. The highest BCUT2D eigenvalue weighted by Gasteiger charge is 2.39. The molecular formula is C19H27ClN2O3.